The van der Waals surface area contributed by atoms with Crippen molar-refractivity contribution in [1.82, 2.24) is 10.2 Å². The van der Waals surface area contributed by atoms with Crippen LogP contribution in [0.15, 0.2) is 30.3 Å². The molecule has 0 radical (unpaired) electrons. The van der Waals surface area contributed by atoms with Crippen LogP contribution in [0.1, 0.15) is 63.9 Å². The summed E-state index contributed by atoms with van der Waals surface area (Å²) in [7, 11) is 0. The van der Waals surface area contributed by atoms with Crippen LogP contribution in [-0.4, -0.2) is 36.5 Å². The second-order valence-electron chi connectivity index (χ2n) is 7.83. The molecule has 3 rings (SSSR count). The normalized spacial score (nSPS) is 27.6. The number of carbonyl (C=O) groups excluding carboxylic acids is 1. The van der Waals surface area contributed by atoms with Crippen molar-refractivity contribution in [3.8, 4) is 0 Å². The van der Waals surface area contributed by atoms with Crippen LogP contribution in [0.3, 0.4) is 0 Å². The minimum atomic E-state index is -0.177. The second kappa shape index (κ2) is 7.69. The van der Waals surface area contributed by atoms with Gasteiger partial charge in [0.25, 0.3) is 0 Å². The summed E-state index contributed by atoms with van der Waals surface area (Å²) in [5, 5.41) is 3.03. The molecule has 1 heterocycles. The third kappa shape index (κ3) is 3.66. The zero-order valence-electron chi connectivity index (χ0n) is 15.3. The van der Waals surface area contributed by atoms with Gasteiger partial charge in [0.1, 0.15) is 0 Å². The van der Waals surface area contributed by atoms with Gasteiger partial charge in [-0.1, -0.05) is 50.1 Å². The Balaban J connectivity index is 1.67. The average molecular weight is 329 g/mol. The van der Waals surface area contributed by atoms with Gasteiger partial charge in [-0.3, -0.25) is 9.69 Å². The molecule has 2 fully saturated rings. The predicted molar refractivity (Wildman–Crippen MR) is 99.0 cm³/mol. The lowest BCUT2D eigenvalue weighted by Crippen LogP contribution is -2.51. The van der Waals surface area contributed by atoms with Gasteiger partial charge in [-0.25, -0.2) is 0 Å². The van der Waals surface area contributed by atoms with Crippen molar-refractivity contribution >= 4 is 5.91 Å². The fraction of sp³-hybridized carbons (Fsp3) is 0.667. The van der Waals surface area contributed by atoms with E-state index in [-0.39, 0.29) is 11.3 Å². The number of rotatable bonds is 4. The van der Waals surface area contributed by atoms with Gasteiger partial charge in [-0.15, -0.1) is 0 Å². The molecule has 0 spiro atoms. The number of piperidine rings is 1. The van der Waals surface area contributed by atoms with Crippen molar-refractivity contribution in [3.05, 3.63) is 35.9 Å². The van der Waals surface area contributed by atoms with Gasteiger partial charge >= 0.3 is 0 Å². The van der Waals surface area contributed by atoms with Gasteiger partial charge < -0.3 is 5.32 Å². The van der Waals surface area contributed by atoms with Crippen LogP contribution >= 0.6 is 0 Å². The van der Waals surface area contributed by atoms with Crippen LogP contribution in [0.2, 0.25) is 0 Å². The van der Waals surface area contributed by atoms with E-state index in [0.717, 1.165) is 32.5 Å². The number of amides is 1. The molecule has 3 nitrogen and oxygen atoms in total. The fourth-order valence-electron chi connectivity index (χ4n) is 4.59. The molecule has 0 bridgehead atoms. The lowest BCUT2D eigenvalue weighted by molar-refractivity contribution is -0.133. The standard InChI is InChI=1S/C21H32N2O/c1-3-22-20(24)21(2)13-15-23(16-14-21)19-12-8-7-11-18(19)17-9-5-4-6-10-17/h4-6,9-10,18-19H,3,7-8,11-16H2,1-2H3,(H,22,24). The summed E-state index contributed by atoms with van der Waals surface area (Å²) in [6.45, 7) is 6.99. The Hall–Kier alpha value is -1.35. The van der Waals surface area contributed by atoms with Gasteiger partial charge in [0, 0.05) is 18.0 Å². The van der Waals surface area contributed by atoms with E-state index in [1.165, 1.54) is 31.2 Å². The first-order valence-electron chi connectivity index (χ1n) is 9.71. The highest BCUT2D eigenvalue weighted by atomic mass is 16.2. The summed E-state index contributed by atoms with van der Waals surface area (Å²) in [6, 6.07) is 11.7. The largest absolute Gasteiger partial charge is 0.356 e. The smallest absolute Gasteiger partial charge is 0.226 e. The molecule has 1 saturated carbocycles. The second-order valence-corrected chi connectivity index (χ2v) is 7.83. The molecule has 2 aliphatic rings. The Morgan fingerprint density at radius 1 is 1.17 bits per heavy atom. The SMILES string of the molecule is CCNC(=O)C1(C)CCN(C2CCCCC2c2ccccc2)CC1. The van der Waals surface area contributed by atoms with E-state index < -0.39 is 0 Å². The maximum Gasteiger partial charge on any atom is 0.226 e. The van der Waals surface area contributed by atoms with Crippen LogP contribution in [-0.2, 0) is 4.79 Å². The molecule has 1 aliphatic carbocycles. The van der Waals surface area contributed by atoms with E-state index >= 15 is 0 Å². The van der Waals surface area contributed by atoms with Crippen molar-refractivity contribution in [2.45, 2.75) is 64.3 Å². The minimum absolute atomic E-state index is 0.177. The van der Waals surface area contributed by atoms with E-state index in [1.807, 2.05) is 6.92 Å². The monoisotopic (exact) mass is 328 g/mol. The third-order valence-electron chi connectivity index (χ3n) is 6.21. The number of likely N-dealkylation sites (tertiary alicyclic amines) is 1. The maximum absolute atomic E-state index is 12.4. The van der Waals surface area contributed by atoms with Gasteiger partial charge in [0.15, 0.2) is 0 Å². The van der Waals surface area contributed by atoms with Crippen LogP contribution in [0.5, 0.6) is 0 Å². The Morgan fingerprint density at radius 2 is 1.83 bits per heavy atom. The van der Waals surface area contributed by atoms with Gasteiger partial charge in [0.2, 0.25) is 5.91 Å². The molecular formula is C21H32N2O. The molecule has 0 aromatic heterocycles. The minimum Gasteiger partial charge on any atom is -0.356 e. The quantitative estimate of drug-likeness (QED) is 0.907. The van der Waals surface area contributed by atoms with Crippen LogP contribution < -0.4 is 5.32 Å². The molecule has 132 valence electrons. The lowest BCUT2D eigenvalue weighted by Gasteiger charge is -2.46. The summed E-state index contributed by atoms with van der Waals surface area (Å²) < 4.78 is 0. The fourth-order valence-corrected chi connectivity index (χ4v) is 4.59. The zero-order chi connectivity index (χ0) is 17.0. The lowest BCUT2D eigenvalue weighted by atomic mass is 9.75. The first-order chi connectivity index (χ1) is 11.6. The molecule has 1 amide bonds. The van der Waals surface area contributed by atoms with Crippen molar-refractivity contribution < 1.29 is 4.79 Å². The molecule has 1 aromatic rings. The molecule has 1 aromatic carbocycles. The summed E-state index contributed by atoms with van der Waals surface area (Å²) >= 11 is 0. The Bertz CT molecular complexity index is 534. The molecule has 2 unspecified atom stereocenters. The zero-order valence-corrected chi connectivity index (χ0v) is 15.3. The highest BCUT2D eigenvalue weighted by Gasteiger charge is 2.40. The van der Waals surface area contributed by atoms with Crippen LogP contribution in [0.4, 0.5) is 0 Å². The highest BCUT2D eigenvalue weighted by Crippen LogP contribution is 2.39. The molecule has 2 atom stereocenters. The number of hydrogen-bond donors (Lipinski definition) is 1. The molecule has 1 aliphatic heterocycles. The Kier molecular flexibility index (Phi) is 5.60. The highest BCUT2D eigenvalue weighted by molar-refractivity contribution is 5.82. The molecule has 24 heavy (non-hydrogen) atoms. The predicted octanol–water partition coefficient (Wildman–Crippen LogP) is 3.95. The summed E-state index contributed by atoms with van der Waals surface area (Å²) in [5.41, 5.74) is 1.32. The number of nitrogens with zero attached hydrogens (tertiary/aromatic N) is 1. The van der Waals surface area contributed by atoms with Gasteiger partial charge in [-0.2, -0.15) is 0 Å². The maximum atomic E-state index is 12.4. The summed E-state index contributed by atoms with van der Waals surface area (Å²) in [5.74, 6) is 0.904. The molecular weight excluding hydrogens is 296 g/mol. The van der Waals surface area contributed by atoms with Crippen molar-refractivity contribution in [3.63, 3.8) is 0 Å². The molecule has 1 N–H and O–H groups in total. The van der Waals surface area contributed by atoms with E-state index in [1.54, 1.807) is 0 Å². The van der Waals surface area contributed by atoms with E-state index in [0.29, 0.717) is 12.0 Å². The van der Waals surface area contributed by atoms with Crippen LogP contribution in [0, 0.1) is 5.41 Å². The van der Waals surface area contributed by atoms with E-state index in [4.69, 9.17) is 0 Å². The van der Waals surface area contributed by atoms with Gasteiger partial charge in [0.05, 0.1) is 0 Å². The third-order valence-corrected chi connectivity index (χ3v) is 6.21. The Labute approximate surface area is 146 Å². The summed E-state index contributed by atoms with van der Waals surface area (Å²) in [4.78, 5) is 15.0. The number of carbonyl (C=O) groups is 1. The number of benzene rings is 1. The first kappa shape index (κ1) is 17.5. The molecule has 1 saturated heterocycles. The van der Waals surface area contributed by atoms with Crippen molar-refractivity contribution in [2.24, 2.45) is 5.41 Å². The Morgan fingerprint density at radius 3 is 2.50 bits per heavy atom. The average Bonchev–Trinajstić information content (AvgIpc) is 2.63. The van der Waals surface area contributed by atoms with Gasteiger partial charge in [-0.05, 0) is 57.2 Å². The summed E-state index contributed by atoms with van der Waals surface area (Å²) in [6.07, 6.45) is 7.27. The first-order valence-corrected chi connectivity index (χ1v) is 9.71. The topological polar surface area (TPSA) is 32.3 Å². The van der Waals surface area contributed by atoms with E-state index in [9.17, 15) is 4.79 Å². The van der Waals surface area contributed by atoms with Crippen LogP contribution in [0.25, 0.3) is 0 Å². The van der Waals surface area contributed by atoms with E-state index in [2.05, 4.69) is 47.5 Å². The number of nitrogens with one attached hydrogen (secondary N) is 1. The number of hydrogen-bond acceptors (Lipinski definition) is 2. The van der Waals surface area contributed by atoms with Crippen molar-refractivity contribution in [1.29, 1.82) is 0 Å². The van der Waals surface area contributed by atoms with Crippen molar-refractivity contribution in [2.75, 3.05) is 19.6 Å². The molecule has 3 heteroatoms.